The number of fused-ring (bicyclic) bond motifs is 2. The average molecular weight is 769 g/mol. The third-order valence-electron chi connectivity index (χ3n) is 10.2. The van der Waals surface area contributed by atoms with Gasteiger partial charge in [0.2, 0.25) is 19.7 Å². The van der Waals surface area contributed by atoms with Gasteiger partial charge in [0.15, 0.2) is 0 Å². The zero-order valence-corrected chi connectivity index (χ0v) is 30.3. The normalized spacial score (nSPS) is 20.2. The van der Waals surface area contributed by atoms with Crippen LogP contribution in [0.5, 0.6) is 0 Å². The molecule has 0 N–H and O–H groups in total. The molecule has 0 saturated carbocycles. The summed E-state index contributed by atoms with van der Waals surface area (Å²) >= 11 is 0. The first-order chi connectivity index (χ1) is 25.0. The highest BCUT2D eigenvalue weighted by atomic mass is 32.2. The van der Waals surface area contributed by atoms with Crippen LogP contribution in [-0.4, -0.2) is 34.6 Å². The average Bonchev–Trinajstić information content (AvgIpc) is 3.53. The Balaban J connectivity index is 1.60. The number of hydrogen-bond donors (Lipinski definition) is 0. The predicted octanol–water partition coefficient (Wildman–Crippen LogP) is 11.3. The number of hydrogen-bond acceptors (Lipinski definition) is 4. The summed E-state index contributed by atoms with van der Waals surface area (Å²) in [6.45, 7) is 3.41. The minimum atomic E-state index is -6.05. The zero-order valence-electron chi connectivity index (χ0n) is 28.7. The molecule has 0 bridgehead atoms. The molecule has 4 nitrogen and oxygen atoms in total. The number of allylic oxidation sites excluding steroid dienone is 6. The Kier molecular flexibility index (Phi) is 8.96. The Hall–Kier alpha value is -4.42. The molecule has 3 aliphatic rings. The van der Waals surface area contributed by atoms with Gasteiger partial charge in [0.25, 0.3) is 0 Å². The summed E-state index contributed by atoms with van der Waals surface area (Å²) in [5.74, 6) is -17.3. The van der Waals surface area contributed by atoms with Crippen molar-refractivity contribution < 1.29 is 43.2 Å². The van der Waals surface area contributed by atoms with Gasteiger partial charge < -0.3 is 0 Å². The van der Waals surface area contributed by atoms with Gasteiger partial charge >= 0.3 is 17.8 Å². The van der Waals surface area contributed by atoms with Gasteiger partial charge in [-0.3, -0.25) is 0 Å². The standard InChI is InChI=1S/C41H34F6O4S2/c1-3-5-17-31-35(29-21-19-27(23-33(29)52(31,48)49)25-13-9-7-10-14-25)37-38(40(44,45)41(46,47)39(37,42)43)36-30-22-20-28(26-15-11-8-12-16-26)24-34(30)53(50,51)32(36)18-6-4-2/h7-16,19-24H,3-6,17-18H2,1-2H3. The Morgan fingerprint density at radius 3 is 1.19 bits per heavy atom. The van der Waals surface area contributed by atoms with Crippen LogP contribution in [0.1, 0.15) is 63.5 Å². The lowest BCUT2D eigenvalue weighted by atomic mass is 9.86. The second kappa shape index (κ2) is 12.9. The molecule has 0 unspecified atom stereocenters. The van der Waals surface area contributed by atoms with Crippen molar-refractivity contribution in [2.75, 3.05) is 0 Å². The number of unbranched alkanes of at least 4 members (excludes halogenated alkanes) is 2. The topological polar surface area (TPSA) is 68.3 Å². The molecule has 0 amide bonds. The summed E-state index contributed by atoms with van der Waals surface area (Å²) in [4.78, 5) is -2.32. The van der Waals surface area contributed by atoms with Crippen molar-refractivity contribution in [3.63, 3.8) is 0 Å². The van der Waals surface area contributed by atoms with Gasteiger partial charge in [-0.2, -0.15) is 26.3 Å². The van der Waals surface area contributed by atoms with Crippen molar-refractivity contribution in [2.24, 2.45) is 0 Å². The quantitative estimate of drug-likeness (QED) is 0.151. The number of benzene rings is 4. The fourth-order valence-electron chi connectivity index (χ4n) is 7.49. The van der Waals surface area contributed by atoms with E-state index < -0.39 is 103 Å². The zero-order chi connectivity index (χ0) is 38.1. The molecular formula is C41H34F6O4S2. The monoisotopic (exact) mass is 768 g/mol. The molecule has 0 radical (unpaired) electrons. The number of rotatable bonds is 10. The lowest BCUT2D eigenvalue weighted by Crippen LogP contribution is -2.49. The van der Waals surface area contributed by atoms with Gasteiger partial charge in [-0.25, -0.2) is 16.8 Å². The molecule has 4 aromatic carbocycles. The fraction of sp³-hybridized carbons (Fsp3) is 0.268. The minimum Gasteiger partial charge on any atom is -0.219 e. The number of alkyl halides is 6. The first-order valence-corrected chi connectivity index (χ1v) is 20.3. The molecule has 0 aromatic heterocycles. The Bertz CT molecular complexity index is 2300. The highest BCUT2D eigenvalue weighted by Crippen LogP contribution is 2.68. The van der Waals surface area contributed by atoms with Crippen molar-refractivity contribution in [1.29, 1.82) is 0 Å². The van der Waals surface area contributed by atoms with Crippen molar-refractivity contribution in [1.82, 2.24) is 0 Å². The Labute approximate surface area is 304 Å². The lowest BCUT2D eigenvalue weighted by Gasteiger charge is -2.26. The van der Waals surface area contributed by atoms with E-state index in [1.54, 1.807) is 74.5 Å². The second-order valence-electron chi connectivity index (χ2n) is 13.4. The third-order valence-corrected chi connectivity index (χ3v) is 14.1. The molecule has 0 fully saturated rings. The van der Waals surface area contributed by atoms with E-state index in [0.717, 1.165) is 0 Å². The first-order valence-electron chi connectivity index (χ1n) is 17.3. The van der Waals surface area contributed by atoms with Crippen molar-refractivity contribution in [3.8, 4) is 22.3 Å². The highest BCUT2D eigenvalue weighted by molar-refractivity contribution is 7.96. The maximum absolute atomic E-state index is 16.6. The summed E-state index contributed by atoms with van der Waals surface area (Å²) in [5.41, 5.74) is -4.54. The molecule has 2 aliphatic heterocycles. The molecule has 0 saturated heterocycles. The van der Waals surface area contributed by atoms with Crippen molar-refractivity contribution in [3.05, 3.63) is 129 Å². The molecule has 12 heteroatoms. The van der Waals surface area contributed by atoms with E-state index in [-0.39, 0.29) is 12.8 Å². The smallest absolute Gasteiger partial charge is 0.219 e. The van der Waals surface area contributed by atoms with Crippen LogP contribution in [0.25, 0.3) is 33.4 Å². The van der Waals surface area contributed by atoms with Crippen LogP contribution < -0.4 is 0 Å². The largest absolute Gasteiger partial charge is 0.380 e. The number of halogens is 6. The highest BCUT2D eigenvalue weighted by Gasteiger charge is 2.81. The van der Waals surface area contributed by atoms with Crippen LogP contribution in [0.4, 0.5) is 26.3 Å². The molecule has 53 heavy (non-hydrogen) atoms. The van der Waals surface area contributed by atoms with E-state index in [1.807, 2.05) is 0 Å². The van der Waals surface area contributed by atoms with E-state index in [9.17, 15) is 16.8 Å². The molecular weight excluding hydrogens is 735 g/mol. The SMILES string of the molecule is CCCCC1=C(C2=C(C3=C(CCCC)S(=O)(=O)c4cc(-c5ccccc5)ccc43)C(F)(F)C(F)(F)C2(F)F)c2ccc(-c3ccccc3)cc2S1(=O)=O. The first kappa shape index (κ1) is 36.9. The number of sulfone groups is 2. The van der Waals surface area contributed by atoms with Gasteiger partial charge in [0.05, 0.1) is 19.6 Å². The van der Waals surface area contributed by atoms with Crippen LogP contribution in [0.3, 0.4) is 0 Å². The van der Waals surface area contributed by atoms with Crippen LogP contribution >= 0.6 is 0 Å². The van der Waals surface area contributed by atoms with Crippen molar-refractivity contribution in [2.45, 2.75) is 79.9 Å². The maximum Gasteiger partial charge on any atom is 0.380 e. The summed E-state index contributed by atoms with van der Waals surface area (Å²) in [7, 11) is -9.33. The Morgan fingerprint density at radius 2 is 0.849 bits per heavy atom. The summed E-state index contributed by atoms with van der Waals surface area (Å²) in [6.07, 6.45) is 0.169. The minimum absolute atomic E-state index is 0.114. The van der Waals surface area contributed by atoms with Crippen LogP contribution in [0, 0.1) is 0 Å². The molecule has 0 spiro atoms. The van der Waals surface area contributed by atoms with E-state index in [2.05, 4.69) is 0 Å². The van der Waals surface area contributed by atoms with E-state index in [0.29, 0.717) is 35.1 Å². The van der Waals surface area contributed by atoms with Crippen molar-refractivity contribution >= 4 is 30.8 Å². The van der Waals surface area contributed by atoms with E-state index in [4.69, 9.17) is 0 Å². The van der Waals surface area contributed by atoms with E-state index in [1.165, 1.54) is 36.4 Å². The van der Waals surface area contributed by atoms with Gasteiger partial charge in [-0.15, -0.1) is 0 Å². The molecule has 2 heterocycles. The van der Waals surface area contributed by atoms with Gasteiger partial charge in [0.1, 0.15) is 0 Å². The maximum atomic E-state index is 16.6. The summed E-state index contributed by atoms with van der Waals surface area (Å²) < 4.78 is 155. The van der Waals surface area contributed by atoms with Gasteiger partial charge in [0, 0.05) is 33.4 Å². The summed E-state index contributed by atoms with van der Waals surface area (Å²) in [5, 5.41) is 0. The van der Waals surface area contributed by atoms with Crippen LogP contribution in [0.2, 0.25) is 0 Å². The van der Waals surface area contributed by atoms with E-state index >= 15 is 26.3 Å². The fourth-order valence-corrected chi connectivity index (χ4v) is 11.3. The molecule has 0 atom stereocenters. The van der Waals surface area contributed by atoms with Gasteiger partial charge in [-0.05, 0) is 60.1 Å². The van der Waals surface area contributed by atoms with Crippen LogP contribution in [0.15, 0.2) is 128 Å². The summed E-state index contributed by atoms with van der Waals surface area (Å²) in [6, 6.07) is 24.7. The third kappa shape index (κ3) is 5.38. The lowest BCUT2D eigenvalue weighted by molar-refractivity contribution is -0.263. The predicted molar refractivity (Wildman–Crippen MR) is 193 cm³/mol. The molecule has 1 aliphatic carbocycles. The van der Waals surface area contributed by atoms with Gasteiger partial charge in [-0.1, -0.05) is 112 Å². The van der Waals surface area contributed by atoms with Crippen LogP contribution in [-0.2, 0) is 19.7 Å². The Morgan fingerprint density at radius 1 is 0.491 bits per heavy atom. The molecule has 276 valence electrons. The molecule has 4 aromatic rings. The molecule has 7 rings (SSSR count). The second-order valence-corrected chi connectivity index (χ2v) is 17.3.